The molecule has 0 bridgehead atoms. The van der Waals surface area contributed by atoms with Crippen LogP contribution in [-0.2, 0) is 14.3 Å². The summed E-state index contributed by atoms with van der Waals surface area (Å²) in [5, 5.41) is 0. The fraction of sp³-hybridized carbons (Fsp3) is 0.818. The highest BCUT2D eigenvalue weighted by Crippen LogP contribution is 2.09. The van der Waals surface area contributed by atoms with Gasteiger partial charge >= 0.3 is 0 Å². The molecule has 0 aromatic rings. The van der Waals surface area contributed by atoms with Crippen LogP contribution in [0, 0.1) is 0 Å². The number of likely N-dealkylation sites (N-methyl/N-ethyl adjacent to an activating group) is 1. The predicted molar refractivity (Wildman–Crippen MR) is 68.0 cm³/mol. The molecule has 0 aliphatic carbocycles. The Hall–Kier alpha value is -0.750. The lowest BCUT2D eigenvalue weighted by atomic mass is 10.2. The number of hydrogen-bond acceptors (Lipinski definition) is 4. The quantitative estimate of drug-likeness (QED) is 0.717. The third-order valence-corrected chi connectivity index (χ3v) is 3.27. The van der Waals surface area contributed by atoms with Crippen LogP contribution in [0.25, 0.3) is 0 Å². The van der Waals surface area contributed by atoms with Gasteiger partial charge in [-0.15, -0.1) is 0 Å². The van der Waals surface area contributed by atoms with Crippen molar-refractivity contribution in [3.63, 3.8) is 0 Å². The maximum atomic E-state index is 11.8. The molecule has 0 saturated carbocycles. The molecule has 98 valence electrons. The van der Waals surface area contributed by atoms with Gasteiger partial charge in [-0.2, -0.15) is 11.8 Å². The van der Waals surface area contributed by atoms with Gasteiger partial charge in [0.25, 0.3) is 5.91 Å². The molecule has 1 aliphatic rings. The summed E-state index contributed by atoms with van der Waals surface area (Å²) in [7, 11) is 3.39. The summed E-state index contributed by atoms with van der Waals surface area (Å²) in [6.45, 7) is 1.41. The number of ether oxygens (including phenoxy) is 1. The van der Waals surface area contributed by atoms with Crippen molar-refractivity contribution in [2.24, 2.45) is 0 Å². The van der Waals surface area contributed by atoms with Crippen molar-refractivity contribution in [3.05, 3.63) is 0 Å². The van der Waals surface area contributed by atoms with Gasteiger partial charge in [0.15, 0.2) is 6.10 Å². The molecule has 0 unspecified atom stereocenters. The lowest BCUT2D eigenvalue weighted by Crippen LogP contribution is -2.51. The Labute approximate surface area is 106 Å². The van der Waals surface area contributed by atoms with Gasteiger partial charge in [0.1, 0.15) is 0 Å². The summed E-state index contributed by atoms with van der Waals surface area (Å²) in [5.74, 6) is 0.856. The molecule has 2 amide bonds. The number of thioether (sulfide) groups is 1. The maximum absolute atomic E-state index is 11.8. The fourth-order valence-corrected chi connectivity index (χ4v) is 2.04. The summed E-state index contributed by atoms with van der Waals surface area (Å²) in [6.07, 6.45) is 2.01. The fourth-order valence-electron chi connectivity index (χ4n) is 1.66. The van der Waals surface area contributed by atoms with Crippen LogP contribution < -0.4 is 0 Å². The molecule has 1 aliphatic heterocycles. The molecule has 6 heteroatoms. The van der Waals surface area contributed by atoms with E-state index in [2.05, 4.69) is 0 Å². The topological polar surface area (TPSA) is 49.9 Å². The van der Waals surface area contributed by atoms with E-state index in [4.69, 9.17) is 4.74 Å². The number of carbonyl (C=O) groups excluding carboxylic acids is 2. The van der Waals surface area contributed by atoms with Crippen LogP contribution in [0.15, 0.2) is 0 Å². The molecule has 0 spiro atoms. The van der Waals surface area contributed by atoms with E-state index in [-0.39, 0.29) is 11.8 Å². The molecule has 0 N–H and O–H groups in total. The molecule has 17 heavy (non-hydrogen) atoms. The molecule has 5 nitrogen and oxygen atoms in total. The van der Waals surface area contributed by atoms with Crippen molar-refractivity contribution in [3.8, 4) is 0 Å². The highest BCUT2D eigenvalue weighted by Gasteiger charge is 2.29. The molecule has 0 aromatic carbocycles. The van der Waals surface area contributed by atoms with Gasteiger partial charge in [0.05, 0.1) is 13.2 Å². The van der Waals surface area contributed by atoms with Gasteiger partial charge < -0.3 is 14.5 Å². The first-order chi connectivity index (χ1) is 8.06. The second-order valence-electron chi connectivity index (χ2n) is 4.17. The third kappa shape index (κ3) is 4.20. The van der Waals surface area contributed by atoms with Crippen LogP contribution in [-0.4, -0.2) is 73.5 Å². The highest BCUT2D eigenvalue weighted by molar-refractivity contribution is 7.98. The van der Waals surface area contributed by atoms with Gasteiger partial charge in [-0.05, 0) is 6.26 Å². The minimum atomic E-state index is -0.503. The smallest absolute Gasteiger partial charge is 0.253 e. The monoisotopic (exact) mass is 260 g/mol. The number of rotatable bonds is 4. The van der Waals surface area contributed by atoms with Crippen molar-refractivity contribution < 1.29 is 14.3 Å². The summed E-state index contributed by atoms with van der Waals surface area (Å²) < 4.78 is 5.40. The average molecular weight is 260 g/mol. The number of nitrogens with zero attached hydrogens (tertiary/aromatic N) is 2. The van der Waals surface area contributed by atoms with Crippen molar-refractivity contribution in [1.82, 2.24) is 9.80 Å². The average Bonchev–Trinajstić information content (AvgIpc) is 2.35. The standard InChI is InChI=1S/C11H20N2O3S/c1-12(2)11(15)9-8-13(5-6-16-9)10(14)4-7-17-3/h9H,4-8H2,1-3H3/t9-/m0/s1. The van der Waals surface area contributed by atoms with Crippen LogP contribution in [0.2, 0.25) is 0 Å². The molecule has 1 saturated heterocycles. The van der Waals surface area contributed by atoms with E-state index >= 15 is 0 Å². The Morgan fingerprint density at radius 2 is 2.18 bits per heavy atom. The van der Waals surface area contributed by atoms with E-state index in [1.165, 1.54) is 4.90 Å². The number of hydrogen-bond donors (Lipinski definition) is 0. The minimum absolute atomic E-state index is 0.0765. The van der Waals surface area contributed by atoms with Crippen molar-refractivity contribution in [1.29, 1.82) is 0 Å². The SMILES string of the molecule is CSCCC(=O)N1CCO[C@H](C(=O)N(C)C)C1. The molecule has 1 fully saturated rings. The van der Waals surface area contributed by atoms with E-state index in [0.717, 1.165) is 5.75 Å². The zero-order chi connectivity index (χ0) is 12.8. The number of amides is 2. The van der Waals surface area contributed by atoms with E-state index in [1.54, 1.807) is 30.8 Å². The van der Waals surface area contributed by atoms with Gasteiger partial charge in [-0.25, -0.2) is 0 Å². The summed E-state index contributed by atoms with van der Waals surface area (Å²) in [5.41, 5.74) is 0. The second-order valence-corrected chi connectivity index (χ2v) is 5.16. The van der Waals surface area contributed by atoms with Crippen LogP contribution in [0.1, 0.15) is 6.42 Å². The Morgan fingerprint density at radius 1 is 1.47 bits per heavy atom. The molecule has 1 rings (SSSR count). The lowest BCUT2D eigenvalue weighted by molar-refractivity contribution is -0.152. The lowest BCUT2D eigenvalue weighted by Gasteiger charge is -2.33. The first kappa shape index (κ1) is 14.3. The van der Waals surface area contributed by atoms with E-state index < -0.39 is 6.10 Å². The molecular formula is C11H20N2O3S. The first-order valence-electron chi connectivity index (χ1n) is 5.65. The van der Waals surface area contributed by atoms with Crippen molar-refractivity contribution in [2.75, 3.05) is 45.8 Å². The molecule has 0 radical (unpaired) electrons. The van der Waals surface area contributed by atoms with E-state index in [1.807, 2.05) is 6.26 Å². The van der Waals surface area contributed by atoms with Gasteiger partial charge in [0, 0.05) is 32.8 Å². The van der Waals surface area contributed by atoms with Crippen LogP contribution >= 0.6 is 11.8 Å². The molecule has 1 heterocycles. The highest BCUT2D eigenvalue weighted by atomic mass is 32.2. The van der Waals surface area contributed by atoms with Gasteiger partial charge in [-0.1, -0.05) is 0 Å². The summed E-state index contributed by atoms with van der Waals surface area (Å²) in [4.78, 5) is 26.8. The van der Waals surface area contributed by atoms with Crippen LogP contribution in [0.5, 0.6) is 0 Å². The Morgan fingerprint density at radius 3 is 2.76 bits per heavy atom. The number of morpholine rings is 1. The normalized spacial score (nSPS) is 20.2. The zero-order valence-electron chi connectivity index (χ0n) is 10.6. The largest absolute Gasteiger partial charge is 0.365 e. The zero-order valence-corrected chi connectivity index (χ0v) is 11.5. The predicted octanol–water partition coefficient (Wildman–Crippen LogP) is 0.0551. The second kappa shape index (κ2) is 6.86. The van der Waals surface area contributed by atoms with Crippen molar-refractivity contribution >= 4 is 23.6 Å². The van der Waals surface area contributed by atoms with Gasteiger partial charge in [0.2, 0.25) is 5.91 Å². The Balaban J connectivity index is 2.48. The Bertz CT molecular complexity index is 284. The Kier molecular flexibility index (Phi) is 5.77. The van der Waals surface area contributed by atoms with E-state index in [0.29, 0.717) is 26.1 Å². The summed E-state index contributed by atoms with van der Waals surface area (Å²) in [6, 6.07) is 0. The van der Waals surface area contributed by atoms with Crippen molar-refractivity contribution in [2.45, 2.75) is 12.5 Å². The third-order valence-electron chi connectivity index (χ3n) is 2.66. The molecule has 1 atom stereocenters. The maximum Gasteiger partial charge on any atom is 0.253 e. The first-order valence-corrected chi connectivity index (χ1v) is 7.05. The van der Waals surface area contributed by atoms with E-state index in [9.17, 15) is 9.59 Å². The molecule has 0 aromatic heterocycles. The number of carbonyl (C=O) groups is 2. The van der Waals surface area contributed by atoms with Gasteiger partial charge in [-0.3, -0.25) is 9.59 Å². The van der Waals surface area contributed by atoms with Crippen LogP contribution in [0.3, 0.4) is 0 Å². The minimum Gasteiger partial charge on any atom is -0.365 e. The summed E-state index contributed by atoms with van der Waals surface area (Å²) >= 11 is 1.65. The van der Waals surface area contributed by atoms with Crippen LogP contribution in [0.4, 0.5) is 0 Å². The molecular weight excluding hydrogens is 240 g/mol.